The third-order valence-electron chi connectivity index (χ3n) is 1.59. The molecule has 13 heavy (non-hydrogen) atoms. The zero-order valence-corrected chi connectivity index (χ0v) is 9.17. The highest BCUT2D eigenvalue weighted by Gasteiger charge is 1.97. The van der Waals surface area contributed by atoms with E-state index in [-0.39, 0.29) is 0 Å². The Kier molecular flexibility index (Phi) is 3.83. The normalized spacial score (nSPS) is 10.4. The quantitative estimate of drug-likeness (QED) is 0.759. The van der Waals surface area contributed by atoms with Gasteiger partial charge in [0.15, 0.2) is 0 Å². The average molecular weight is 243 g/mol. The molecule has 0 N–H and O–H groups in total. The number of hydrogen-bond acceptors (Lipinski definition) is 2. The van der Waals surface area contributed by atoms with Crippen molar-refractivity contribution in [1.29, 1.82) is 0 Å². The Bertz CT molecular complexity index is 308. The van der Waals surface area contributed by atoms with E-state index in [0.29, 0.717) is 0 Å². The summed E-state index contributed by atoms with van der Waals surface area (Å²) in [4.78, 5) is 0. The van der Waals surface area contributed by atoms with Gasteiger partial charge in [0.2, 0.25) is 0 Å². The number of benzene rings is 1. The monoisotopic (exact) mass is 242 g/mol. The summed E-state index contributed by atoms with van der Waals surface area (Å²) in [6, 6.07) is 5.77. The first-order valence-electron chi connectivity index (χ1n) is 3.81. The fourth-order valence-electron chi connectivity index (χ4n) is 0.911. The van der Waals surface area contributed by atoms with E-state index in [0.717, 1.165) is 15.8 Å². The van der Waals surface area contributed by atoms with Crippen LogP contribution in [0.15, 0.2) is 28.9 Å². The molecule has 1 aromatic rings. The van der Waals surface area contributed by atoms with Gasteiger partial charge in [0, 0.05) is 4.47 Å². The lowest BCUT2D eigenvalue weighted by molar-refractivity contribution is 0.341. The third kappa shape index (κ3) is 2.77. The third-order valence-corrected chi connectivity index (χ3v) is 2.28. The molecule has 0 saturated heterocycles. The summed E-state index contributed by atoms with van der Waals surface area (Å²) < 4.78 is 10.9. The van der Waals surface area contributed by atoms with Gasteiger partial charge in [-0.05, 0) is 23.8 Å². The minimum atomic E-state index is 0.835. The molecule has 0 spiro atoms. The fourth-order valence-corrected chi connectivity index (χ4v) is 1.40. The van der Waals surface area contributed by atoms with E-state index in [1.165, 1.54) is 0 Å². The first-order chi connectivity index (χ1) is 6.27. The van der Waals surface area contributed by atoms with Crippen molar-refractivity contribution >= 4 is 22.0 Å². The summed E-state index contributed by atoms with van der Waals surface area (Å²) >= 11 is 3.43. The van der Waals surface area contributed by atoms with Crippen LogP contribution in [0.4, 0.5) is 0 Å². The molecule has 1 aromatic carbocycles. The van der Waals surface area contributed by atoms with Crippen LogP contribution in [-0.4, -0.2) is 14.2 Å². The fraction of sp³-hybridized carbons (Fsp3) is 0.200. The summed E-state index contributed by atoms with van der Waals surface area (Å²) in [5, 5.41) is 0. The second-order valence-corrected chi connectivity index (χ2v) is 3.28. The molecular formula is C10H11BrO2. The molecule has 70 valence electrons. The van der Waals surface area contributed by atoms with E-state index in [1.807, 2.05) is 24.3 Å². The molecule has 0 atom stereocenters. The molecule has 3 heteroatoms. The first-order valence-corrected chi connectivity index (χ1v) is 4.60. The van der Waals surface area contributed by atoms with Gasteiger partial charge in [-0.1, -0.05) is 22.0 Å². The van der Waals surface area contributed by atoms with Crippen LogP contribution in [0.3, 0.4) is 0 Å². The highest BCUT2D eigenvalue weighted by molar-refractivity contribution is 9.10. The average Bonchev–Trinajstić information content (AvgIpc) is 2.16. The van der Waals surface area contributed by atoms with Crippen molar-refractivity contribution in [3.63, 3.8) is 0 Å². The van der Waals surface area contributed by atoms with Crippen LogP contribution in [0.2, 0.25) is 0 Å². The Hall–Kier alpha value is -0.960. The summed E-state index contributed by atoms with van der Waals surface area (Å²) in [5.41, 5.74) is 1.06. The number of rotatable bonds is 3. The van der Waals surface area contributed by atoms with Crippen LogP contribution in [0, 0.1) is 0 Å². The zero-order chi connectivity index (χ0) is 9.68. The van der Waals surface area contributed by atoms with Crippen LogP contribution in [0.1, 0.15) is 5.56 Å². The van der Waals surface area contributed by atoms with Crippen molar-refractivity contribution in [2.45, 2.75) is 0 Å². The molecule has 0 radical (unpaired) electrons. The van der Waals surface area contributed by atoms with Gasteiger partial charge in [-0.3, -0.25) is 0 Å². The smallest absolute Gasteiger partial charge is 0.120 e. The number of methoxy groups -OCH3 is 2. The van der Waals surface area contributed by atoms with E-state index in [9.17, 15) is 0 Å². The molecule has 0 aromatic heterocycles. The topological polar surface area (TPSA) is 18.5 Å². The van der Waals surface area contributed by atoms with Crippen molar-refractivity contribution in [3.8, 4) is 5.75 Å². The van der Waals surface area contributed by atoms with Crippen molar-refractivity contribution in [2.24, 2.45) is 0 Å². The summed E-state index contributed by atoms with van der Waals surface area (Å²) in [6.07, 6.45) is 3.51. The van der Waals surface area contributed by atoms with E-state index >= 15 is 0 Å². The van der Waals surface area contributed by atoms with Gasteiger partial charge in [0.05, 0.1) is 20.5 Å². The molecule has 1 rings (SSSR count). The maximum atomic E-state index is 5.07. The minimum absolute atomic E-state index is 0.835. The molecule has 0 aliphatic carbocycles. The molecule has 2 nitrogen and oxygen atoms in total. The molecule has 0 amide bonds. The van der Waals surface area contributed by atoms with Gasteiger partial charge in [0.1, 0.15) is 5.75 Å². The molecule has 0 fully saturated rings. The van der Waals surface area contributed by atoms with Gasteiger partial charge in [-0.2, -0.15) is 0 Å². The van der Waals surface area contributed by atoms with Crippen LogP contribution in [0.5, 0.6) is 5.75 Å². The van der Waals surface area contributed by atoms with Gasteiger partial charge < -0.3 is 9.47 Å². The van der Waals surface area contributed by atoms with Crippen molar-refractivity contribution < 1.29 is 9.47 Å². The number of ether oxygens (including phenoxy) is 2. The number of hydrogen-bond donors (Lipinski definition) is 0. The highest BCUT2D eigenvalue weighted by atomic mass is 79.9. The van der Waals surface area contributed by atoms with Crippen molar-refractivity contribution in [1.82, 2.24) is 0 Å². The molecular weight excluding hydrogens is 232 g/mol. The Labute approximate surface area is 86.3 Å². The minimum Gasteiger partial charge on any atom is -0.504 e. The summed E-state index contributed by atoms with van der Waals surface area (Å²) in [5.74, 6) is 0.835. The summed E-state index contributed by atoms with van der Waals surface area (Å²) in [7, 11) is 3.26. The summed E-state index contributed by atoms with van der Waals surface area (Å²) in [6.45, 7) is 0. The first kappa shape index (κ1) is 10.1. The Morgan fingerprint density at radius 3 is 2.62 bits per heavy atom. The molecule has 0 saturated carbocycles. The van der Waals surface area contributed by atoms with Gasteiger partial charge in [-0.25, -0.2) is 0 Å². The predicted octanol–water partition coefficient (Wildman–Crippen LogP) is 3.07. The maximum absolute atomic E-state index is 5.07. The molecule has 0 unspecified atom stereocenters. The second kappa shape index (κ2) is 4.92. The second-order valence-electron chi connectivity index (χ2n) is 2.43. The van der Waals surface area contributed by atoms with E-state index in [4.69, 9.17) is 9.47 Å². The molecule has 0 bridgehead atoms. The predicted molar refractivity (Wildman–Crippen MR) is 56.7 cm³/mol. The highest BCUT2D eigenvalue weighted by Crippen LogP contribution is 2.23. The standard InChI is InChI=1S/C10H11BrO2/c1-12-6-5-8-3-4-9(13-2)7-10(8)11/h3-7H,1-2H3. The lowest BCUT2D eigenvalue weighted by Crippen LogP contribution is -1.83. The van der Waals surface area contributed by atoms with Crippen molar-refractivity contribution in [3.05, 3.63) is 34.5 Å². The largest absolute Gasteiger partial charge is 0.504 e. The van der Waals surface area contributed by atoms with Crippen molar-refractivity contribution in [2.75, 3.05) is 14.2 Å². The van der Waals surface area contributed by atoms with Crippen LogP contribution >= 0.6 is 15.9 Å². The molecule has 0 aliphatic heterocycles. The van der Waals surface area contributed by atoms with E-state index in [1.54, 1.807) is 20.5 Å². The molecule has 0 heterocycles. The Balaban J connectivity index is 2.91. The molecule has 0 aliphatic rings. The lowest BCUT2D eigenvalue weighted by atomic mass is 10.2. The number of halogens is 1. The van der Waals surface area contributed by atoms with Crippen LogP contribution in [0.25, 0.3) is 6.08 Å². The Morgan fingerprint density at radius 1 is 1.31 bits per heavy atom. The maximum Gasteiger partial charge on any atom is 0.120 e. The van der Waals surface area contributed by atoms with Crippen LogP contribution < -0.4 is 4.74 Å². The Morgan fingerprint density at radius 2 is 2.08 bits per heavy atom. The zero-order valence-electron chi connectivity index (χ0n) is 7.58. The van der Waals surface area contributed by atoms with Gasteiger partial charge >= 0.3 is 0 Å². The van der Waals surface area contributed by atoms with Crippen LogP contribution in [-0.2, 0) is 4.74 Å². The SMILES string of the molecule is COC=Cc1ccc(OC)cc1Br. The van der Waals surface area contributed by atoms with E-state index < -0.39 is 0 Å². The lowest BCUT2D eigenvalue weighted by Gasteiger charge is -2.02. The van der Waals surface area contributed by atoms with Gasteiger partial charge in [-0.15, -0.1) is 0 Å². The van der Waals surface area contributed by atoms with Gasteiger partial charge in [0.25, 0.3) is 0 Å². The van der Waals surface area contributed by atoms with E-state index in [2.05, 4.69) is 15.9 Å².